The molecule has 1 aromatic heterocycles. The first-order valence-electron chi connectivity index (χ1n) is 5.77. The molecule has 0 radical (unpaired) electrons. The minimum atomic E-state index is 0.649. The van der Waals surface area contributed by atoms with E-state index in [9.17, 15) is 0 Å². The van der Waals surface area contributed by atoms with E-state index in [0.29, 0.717) is 6.04 Å². The highest BCUT2D eigenvalue weighted by atomic mass is 32.2. The van der Waals surface area contributed by atoms with Gasteiger partial charge in [-0.05, 0) is 12.8 Å². The molecule has 1 aliphatic heterocycles. The van der Waals surface area contributed by atoms with Crippen molar-refractivity contribution >= 4 is 11.8 Å². The number of thioether (sulfide) groups is 1. The van der Waals surface area contributed by atoms with Crippen LogP contribution in [0, 0.1) is 0 Å². The maximum Gasteiger partial charge on any atom is 0.167 e. The zero-order valence-corrected chi connectivity index (χ0v) is 10.5. The van der Waals surface area contributed by atoms with Crippen LogP contribution in [0.25, 0.3) is 0 Å². The third-order valence-electron chi connectivity index (χ3n) is 2.76. The van der Waals surface area contributed by atoms with E-state index >= 15 is 0 Å². The van der Waals surface area contributed by atoms with Crippen LogP contribution >= 0.6 is 11.8 Å². The number of hydrogen-bond donors (Lipinski definition) is 1. The van der Waals surface area contributed by atoms with Crippen LogP contribution in [-0.4, -0.2) is 41.1 Å². The number of rotatable bonds is 5. The van der Waals surface area contributed by atoms with Gasteiger partial charge in [-0.2, -0.15) is 0 Å². The van der Waals surface area contributed by atoms with Crippen molar-refractivity contribution in [2.75, 3.05) is 25.5 Å². The topological polar surface area (TPSA) is 39.1 Å². The molecule has 0 saturated carbocycles. The normalized spacial score (nSPS) is 17.8. The maximum absolute atomic E-state index is 5.32. The van der Waals surface area contributed by atoms with Gasteiger partial charge in [-0.25, -0.2) is 4.98 Å². The SMILES string of the molecule is Cn1ccnc1SCCNC1CCOCC1. The van der Waals surface area contributed by atoms with Crippen molar-refractivity contribution in [2.24, 2.45) is 7.05 Å². The number of nitrogens with zero attached hydrogens (tertiary/aromatic N) is 2. The molecular formula is C11H19N3OS. The molecule has 2 heterocycles. The molecule has 1 N–H and O–H groups in total. The first-order chi connectivity index (χ1) is 7.86. The summed E-state index contributed by atoms with van der Waals surface area (Å²) in [6.45, 7) is 2.86. The Balaban J connectivity index is 1.59. The summed E-state index contributed by atoms with van der Waals surface area (Å²) in [4.78, 5) is 4.28. The molecule has 0 spiro atoms. The summed E-state index contributed by atoms with van der Waals surface area (Å²) in [5.74, 6) is 1.07. The van der Waals surface area contributed by atoms with Gasteiger partial charge in [0.15, 0.2) is 5.16 Å². The predicted molar refractivity (Wildman–Crippen MR) is 65.8 cm³/mol. The predicted octanol–water partition coefficient (Wildman–Crippen LogP) is 1.28. The van der Waals surface area contributed by atoms with Crippen LogP contribution in [0.15, 0.2) is 17.6 Å². The number of imidazole rings is 1. The fraction of sp³-hybridized carbons (Fsp3) is 0.727. The van der Waals surface area contributed by atoms with Gasteiger partial charge in [0.25, 0.3) is 0 Å². The summed E-state index contributed by atoms with van der Waals surface area (Å²) in [6.07, 6.45) is 6.11. The van der Waals surface area contributed by atoms with E-state index in [4.69, 9.17) is 4.74 Å². The van der Waals surface area contributed by atoms with Crippen LogP contribution in [0.5, 0.6) is 0 Å². The second kappa shape index (κ2) is 6.27. The Morgan fingerprint density at radius 3 is 3.06 bits per heavy atom. The molecule has 4 nitrogen and oxygen atoms in total. The van der Waals surface area contributed by atoms with Gasteiger partial charge >= 0.3 is 0 Å². The molecule has 1 fully saturated rings. The molecule has 1 aliphatic rings. The minimum Gasteiger partial charge on any atom is -0.381 e. The van der Waals surface area contributed by atoms with E-state index in [1.807, 2.05) is 19.4 Å². The van der Waals surface area contributed by atoms with Gasteiger partial charge in [-0.15, -0.1) is 0 Å². The number of hydrogen-bond acceptors (Lipinski definition) is 4. The van der Waals surface area contributed by atoms with Crippen molar-refractivity contribution in [3.8, 4) is 0 Å². The van der Waals surface area contributed by atoms with Gasteiger partial charge in [-0.3, -0.25) is 0 Å². The van der Waals surface area contributed by atoms with Gasteiger partial charge in [0.1, 0.15) is 0 Å². The molecule has 0 aliphatic carbocycles. The number of nitrogens with one attached hydrogen (secondary N) is 1. The highest BCUT2D eigenvalue weighted by Crippen LogP contribution is 2.13. The number of aryl methyl sites for hydroxylation is 1. The standard InChI is InChI=1S/C11H19N3OS/c1-14-6-4-13-11(14)16-9-5-12-10-2-7-15-8-3-10/h4,6,10,12H,2-3,5,7-9H2,1H3. The average molecular weight is 241 g/mol. The molecule has 0 unspecified atom stereocenters. The average Bonchev–Trinajstić information content (AvgIpc) is 2.72. The van der Waals surface area contributed by atoms with E-state index in [0.717, 1.165) is 43.5 Å². The molecular weight excluding hydrogens is 222 g/mol. The van der Waals surface area contributed by atoms with Crippen LogP contribution in [0.4, 0.5) is 0 Å². The lowest BCUT2D eigenvalue weighted by Gasteiger charge is -2.22. The van der Waals surface area contributed by atoms with E-state index in [2.05, 4.69) is 14.9 Å². The van der Waals surface area contributed by atoms with Gasteiger partial charge in [0.05, 0.1) is 0 Å². The summed E-state index contributed by atoms with van der Waals surface area (Å²) < 4.78 is 7.38. The van der Waals surface area contributed by atoms with Crippen LogP contribution in [-0.2, 0) is 11.8 Å². The van der Waals surface area contributed by atoms with E-state index in [-0.39, 0.29) is 0 Å². The fourth-order valence-corrected chi connectivity index (χ4v) is 2.60. The summed E-state index contributed by atoms with van der Waals surface area (Å²) in [5, 5.41) is 4.66. The fourth-order valence-electron chi connectivity index (χ4n) is 1.80. The molecule has 0 amide bonds. The van der Waals surface area contributed by atoms with Crippen molar-refractivity contribution < 1.29 is 4.74 Å². The first kappa shape index (κ1) is 12.0. The lowest BCUT2D eigenvalue weighted by atomic mass is 10.1. The van der Waals surface area contributed by atoms with Crippen molar-refractivity contribution in [1.82, 2.24) is 14.9 Å². The van der Waals surface area contributed by atoms with E-state index < -0.39 is 0 Å². The molecule has 2 rings (SSSR count). The molecule has 5 heteroatoms. The van der Waals surface area contributed by atoms with Crippen LogP contribution in [0.1, 0.15) is 12.8 Å². The Hall–Kier alpha value is -0.520. The molecule has 0 bridgehead atoms. The van der Waals surface area contributed by atoms with Gasteiger partial charge in [0, 0.05) is 51.0 Å². The highest BCUT2D eigenvalue weighted by Gasteiger charge is 2.12. The van der Waals surface area contributed by atoms with Crippen molar-refractivity contribution in [1.29, 1.82) is 0 Å². The second-order valence-corrected chi connectivity index (χ2v) is 5.07. The number of ether oxygens (including phenoxy) is 1. The van der Waals surface area contributed by atoms with E-state index in [1.54, 1.807) is 11.8 Å². The molecule has 16 heavy (non-hydrogen) atoms. The Labute approximate surface area is 101 Å². The Bertz CT molecular complexity index is 310. The zero-order chi connectivity index (χ0) is 11.2. The van der Waals surface area contributed by atoms with Crippen LogP contribution in [0.3, 0.4) is 0 Å². The van der Waals surface area contributed by atoms with Gasteiger partial charge in [0.2, 0.25) is 0 Å². The van der Waals surface area contributed by atoms with Crippen molar-refractivity contribution in [3.63, 3.8) is 0 Å². The van der Waals surface area contributed by atoms with Crippen molar-refractivity contribution in [2.45, 2.75) is 24.0 Å². The zero-order valence-electron chi connectivity index (χ0n) is 9.69. The van der Waals surface area contributed by atoms with Crippen LogP contribution < -0.4 is 5.32 Å². The monoisotopic (exact) mass is 241 g/mol. The summed E-state index contributed by atoms with van der Waals surface area (Å²) in [6, 6.07) is 0.649. The molecule has 0 aromatic carbocycles. The smallest absolute Gasteiger partial charge is 0.167 e. The number of aromatic nitrogens is 2. The Morgan fingerprint density at radius 1 is 1.56 bits per heavy atom. The van der Waals surface area contributed by atoms with Gasteiger partial charge < -0.3 is 14.6 Å². The first-order valence-corrected chi connectivity index (χ1v) is 6.76. The third kappa shape index (κ3) is 3.50. The minimum absolute atomic E-state index is 0.649. The quantitative estimate of drug-likeness (QED) is 0.622. The van der Waals surface area contributed by atoms with E-state index in [1.165, 1.54) is 0 Å². The molecule has 0 atom stereocenters. The Morgan fingerprint density at radius 2 is 2.38 bits per heavy atom. The molecule has 90 valence electrons. The largest absolute Gasteiger partial charge is 0.381 e. The summed E-state index contributed by atoms with van der Waals surface area (Å²) >= 11 is 1.80. The Kier molecular flexibility index (Phi) is 4.69. The van der Waals surface area contributed by atoms with Gasteiger partial charge in [-0.1, -0.05) is 11.8 Å². The third-order valence-corrected chi connectivity index (χ3v) is 3.82. The lowest BCUT2D eigenvalue weighted by Crippen LogP contribution is -2.36. The molecule has 1 saturated heterocycles. The lowest BCUT2D eigenvalue weighted by molar-refractivity contribution is 0.0786. The summed E-state index contributed by atoms with van der Waals surface area (Å²) in [5.41, 5.74) is 0. The van der Waals surface area contributed by atoms with Crippen LogP contribution in [0.2, 0.25) is 0 Å². The summed E-state index contributed by atoms with van der Waals surface area (Å²) in [7, 11) is 2.03. The highest BCUT2D eigenvalue weighted by molar-refractivity contribution is 7.99. The molecule has 1 aromatic rings. The van der Waals surface area contributed by atoms with Crippen molar-refractivity contribution in [3.05, 3.63) is 12.4 Å². The maximum atomic E-state index is 5.32. The second-order valence-electron chi connectivity index (χ2n) is 4.01.